The Bertz CT molecular complexity index is 532. The first-order valence-electron chi connectivity index (χ1n) is 7.58. The Balaban J connectivity index is 2.04. The quantitative estimate of drug-likeness (QED) is 0.477. The third-order valence-corrected chi connectivity index (χ3v) is 3.45. The number of carbonyl (C=O) groups excluding carboxylic acids is 3. The van der Waals surface area contributed by atoms with E-state index in [2.05, 4.69) is 16.0 Å². The van der Waals surface area contributed by atoms with Gasteiger partial charge in [-0.3, -0.25) is 9.59 Å². The van der Waals surface area contributed by atoms with Crippen LogP contribution in [-0.2, 0) is 9.59 Å². The molecule has 0 heterocycles. The van der Waals surface area contributed by atoms with Crippen LogP contribution in [0.4, 0.5) is 10.5 Å². The molecule has 0 unspecified atom stereocenters. The largest absolute Gasteiger partial charge is 0.353 e. The zero-order valence-corrected chi connectivity index (χ0v) is 13.9. The fourth-order valence-electron chi connectivity index (χ4n) is 1.93. The van der Waals surface area contributed by atoms with E-state index in [0.717, 1.165) is 19.3 Å². The molecule has 0 aliphatic heterocycles. The summed E-state index contributed by atoms with van der Waals surface area (Å²) >= 11 is 5.77. The number of hydrogen-bond donors (Lipinski definition) is 3. The lowest BCUT2D eigenvalue weighted by atomic mass is 10.1. The molecule has 23 heavy (non-hydrogen) atoms. The molecule has 0 aromatic heterocycles. The number of anilines is 1. The van der Waals surface area contributed by atoms with Crippen molar-refractivity contribution in [2.45, 2.75) is 32.1 Å². The number of unbranched alkanes of at least 4 members (excludes halogenated alkanes) is 3. The number of likely N-dealkylation sites (N-methyl/N-ethyl adjacent to an activating group) is 1. The molecule has 1 aromatic rings. The first kappa shape index (κ1) is 19.0. The van der Waals surface area contributed by atoms with Gasteiger partial charge in [0.05, 0.1) is 0 Å². The number of rotatable bonds is 9. The van der Waals surface area contributed by atoms with Crippen LogP contribution in [0.25, 0.3) is 0 Å². The van der Waals surface area contributed by atoms with Gasteiger partial charge in [0.2, 0.25) is 5.78 Å². The predicted octanol–water partition coefficient (Wildman–Crippen LogP) is 2.73. The molecule has 7 heteroatoms. The van der Waals surface area contributed by atoms with Crippen LogP contribution in [0, 0.1) is 0 Å². The summed E-state index contributed by atoms with van der Waals surface area (Å²) in [4.78, 5) is 33.9. The molecule has 1 aromatic carbocycles. The molecule has 0 saturated heterocycles. The summed E-state index contributed by atoms with van der Waals surface area (Å²) < 4.78 is 0. The van der Waals surface area contributed by atoms with E-state index in [9.17, 15) is 14.4 Å². The van der Waals surface area contributed by atoms with E-state index in [1.807, 2.05) is 0 Å². The van der Waals surface area contributed by atoms with Crippen molar-refractivity contribution in [1.29, 1.82) is 0 Å². The van der Waals surface area contributed by atoms with Crippen LogP contribution in [0.3, 0.4) is 0 Å². The molecule has 0 saturated carbocycles. The lowest BCUT2D eigenvalue weighted by Gasteiger charge is -2.07. The van der Waals surface area contributed by atoms with Gasteiger partial charge in [-0.15, -0.1) is 0 Å². The van der Waals surface area contributed by atoms with Crippen LogP contribution in [-0.4, -0.2) is 31.3 Å². The van der Waals surface area contributed by atoms with E-state index < -0.39 is 5.91 Å². The Kier molecular flexibility index (Phi) is 8.75. The Hall–Kier alpha value is -2.08. The van der Waals surface area contributed by atoms with Crippen LogP contribution in [0.2, 0.25) is 5.02 Å². The van der Waals surface area contributed by atoms with E-state index in [1.54, 1.807) is 24.3 Å². The summed E-state index contributed by atoms with van der Waals surface area (Å²) in [5.74, 6) is -0.918. The number of halogens is 1. The van der Waals surface area contributed by atoms with Crippen LogP contribution in [0.1, 0.15) is 32.1 Å². The van der Waals surface area contributed by atoms with Gasteiger partial charge in [-0.05, 0) is 37.1 Å². The van der Waals surface area contributed by atoms with E-state index in [1.165, 1.54) is 7.05 Å². The van der Waals surface area contributed by atoms with Gasteiger partial charge in [-0.1, -0.05) is 24.4 Å². The molecule has 1 rings (SSSR count). The number of nitrogens with one attached hydrogen (secondary N) is 3. The highest BCUT2D eigenvalue weighted by atomic mass is 35.5. The molecular weight excluding hydrogens is 318 g/mol. The van der Waals surface area contributed by atoms with Crippen LogP contribution in [0.5, 0.6) is 0 Å². The molecule has 0 radical (unpaired) electrons. The van der Waals surface area contributed by atoms with Gasteiger partial charge < -0.3 is 16.0 Å². The van der Waals surface area contributed by atoms with E-state index in [0.29, 0.717) is 23.7 Å². The van der Waals surface area contributed by atoms with Gasteiger partial charge in [0.25, 0.3) is 5.91 Å². The summed E-state index contributed by atoms with van der Waals surface area (Å²) in [5.41, 5.74) is 0.680. The highest BCUT2D eigenvalue weighted by Gasteiger charge is 2.09. The second-order valence-corrected chi connectivity index (χ2v) is 5.49. The zero-order chi connectivity index (χ0) is 17.1. The number of carbonyl (C=O) groups is 3. The number of ketones is 1. The Morgan fingerprint density at radius 1 is 1.00 bits per heavy atom. The lowest BCUT2D eigenvalue weighted by molar-refractivity contribution is -0.137. The minimum atomic E-state index is -0.537. The lowest BCUT2D eigenvalue weighted by Crippen LogP contribution is -2.29. The number of hydrogen-bond acceptors (Lipinski definition) is 3. The molecule has 0 fully saturated rings. The summed E-state index contributed by atoms with van der Waals surface area (Å²) in [6.07, 6.45) is 3.51. The van der Waals surface area contributed by atoms with E-state index in [4.69, 9.17) is 11.6 Å². The fourth-order valence-corrected chi connectivity index (χ4v) is 2.05. The third kappa shape index (κ3) is 8.21. The van der Waals surface area contributed by atoms with Crippen molar-refractivity contribution in [3.63, 3.8) is 0 Å². The molecule has 0 bridgehead atoms. The van der Waals surface area contributed by atoms with Crippen molar-refractivity contribution >= 4 is 35.0 Å². The molecule has 6 nitrogen and oxygen atoms in total. The highest BCUT2D eigenvalue weighted by Crippen LogP contribution is 2.13. The summed E-state index contributed by atoms with van der Waals surface area (Å²) in [6.45, 7) is 0.558. The van der Waals surface area contributed by atoms with Gasteiger partial charge in [0.15, 0.2) is 0 Å². The second-order valence-electron chi connectivity index (χ2n) is 5.05. The molecule has 3 N–H and O–H groups in total. The average Bonchev–Trinajstić information content (AvgIpc) is 2.55. The minimum absolute atomic E-state index is 0.262. The van der Waals surface area contributed by atoms with Gasteiger partial charge in [-0.25, -0.2) is 4.79 Å². The molecule has 3 amide bonds. The zero-order valence-electron chi connectivity index (χ0n) is 13.2. The second kappa shape index (κ2) is 10.6. The third-order valence-electron chi connectivity index (χ3n) is 3.20. The average molecular weight is 340 g/mol. The van der Waals surface area contributed by atoms with Crippen molar-refractivity contribution in [2.75, 3.05) is 18.9 Å². The Morgan fingerprint density at radius 3 is 2.30 bits per heavy atom. The maximum atomic E-state index is 11.6. The smallest absolute Gasteiger partial charge is 0.319 e. The van der Waals surface area contributed by atoms with Crippen LogP contribution < -0.4 is 16.0 Å². The normalized spacial score (nSPS) is 10.0. The standard InChI is InChI=1S/C16H22ClN3O3/c1-18-15(22)14(21)6-4-2-3-5-11-19-16(23)20-13-9-7-12(17)8-10-13/h7-10H,2-6,11H2,1H3,(H,18,22)(H2,19,20,23). The highest BCUT2D eigenvalue weighted by molar-refractivity contribution is 6.36. The van der Waals surface area contributed by atoms with Crippen LogP contribution >= 0.6 is 11.6 Å². The first-order valence-corrected chi connectivity index (χ1v) is 7.96. The predicted molar refractivity (Wildman–Crippen MR) is 90.6 cm³/mol. The van der Waals surface area contributed by atoms with Crippen molar-refractivity contribution in [3.05, 3.63) is 29.3 Å². The monoisotopic (exact) mass is 339 g/mol. The summed E-state index contributed by atoms with van der Waals surface area (Å²) in [7, 11) is 1.45. The first-order chi connectivity index (χ1) is 11.0. The van der Waals surface area contributed by atoms with Gasteiger partial charge in [-0.2, -0.15) is 0 Å². The number of Topliss-reactive ketones (excluding diaryl/α,β-unsaturated/α-hetero) is 1. The summed E-state index contributed by atoms with van der Waals surface area (Å²) in [6, 6.07) is 6.60. The Morgan fingerprint density at radius 2 is 1.65 bits per heavy atom. The van der Waals surface area contributed by atoms with Gasteiger partial charge >= 0.3 is 6.03 Å². The summed E-state index contributed by atoms with van der Waals surface area (Å²) in [5, 5.41) is 8.39. The molecule has 0 spiro atoms. The van der Waals surface area contributed by atoms with Gasteiger partial charge in [0, 0.05) is 30.7 Å². The molecule has 0 atom stereocenters. The van der Waals surface area contributed by atoms with Crippen molar-refractivity contribution < 1.29 is 14.4 Å². The maximum absolute atomic E-state index is 11.6. The number of urea groups is 1. The maximum Gasteiger partial charge on any atom is 0.319 e. The van der Waals surface area contributed by atoms with Crippen molar-refractivity contribution in [1.82, 2.24) is 10.6 Å². The van der Waals surface area contributed by atoms with Crippen LogP contribution in [0.15, 0.2) is 24.3 Å². The molecule has 126 valence electrons. The topological polar surface area (TPSA) is 87.3 Å². The molecule has 0 aliphatic rings. The van der Waals surface area contributed by atoms with E-state index >= 15 is 0 Å². The fraction of sp³-hybridized carbons (Fsp3) is 0.438. The number of benzene rings is 1. The van der Waals surface area contributed by atoms with E-state index in [-0.39, 0.29) is 18.2 Å². The number of amides is 3. The van der Waals surface area contributed by atoms with Crippen molar-refractivity contribution in [3.8, 4) is 0 Å². The van der Waals surface area contributed by atoms with Gasteiger partial charge in [0.1, 0.15) is 0 Å². The molecule has 0 aliphatic carbocycles. The SMILES string of the molecule is CNC(=O)C(=O)CCCCCCNC(=O)Nc1ccc(Cl)cc1. The van der Waals surface area contributed by atoms with Crippen molar-refractivity contribution in [2.24, 2.45) is 0 Å². The molecular formula is C16H22ClN3O3. The minimum Gasteiger partial charge on any atom is -0.353 e. The Labute approximate surface area is 141 Å².